The third-order valence-electron chi connectivity index (χ3n) is 4.63. The minimum Gasteiger partial charge on any atom is -0.341 e. The number of likely N-dealkylation sites (tertiary alicyclic amines) is 1. The Kier molecular flexibility index (Phi) is 4.80. The van der Waals surface area contributed by atoms with Gasteiger partial charge in [-0.25, -0.2) is 8.78 Å². The highest BCUT2D eigenvalue weighted by Crippen LogP contribution is 2.27. The number of carbonyl (C=O) groups excluding carboxylic acids is 2. The van der Waals surface area contributed by atoms with E-state index in [1.54, 1.807) is 4.90 Å². The lowest BCUT2D eigenvalue weighted by molar-refractivity contribution is -0.136. The van der Waals surface area contributed by atoms with Gasteiger partial charge in [0.1, 0.15) is 0 Å². The number of nitrogens with zero attached hydrogens (tertiary/aromatic N) is 1. The monoisotopic (exact) mass is 337 g/mol. The lowest BCUT2D eigenvalue weighted by atomic mass is 9.95. The van der Waals surface area contributed by atoms with Crippen molar-refractivity contribution in [3.8, 4) is 0 Å². The number of amides is 2. The smallest absolute Gasteiger partial charge is 0.262 e. The zero-order valence-electron chi connectivity index (χ0n) is 13.3. The molecular formula is C17H21F2N3O2. The van der Waals surface area contributed by atoms with Crippen molar-refractivity contribution in [2.24, 2.45) is 5.92 Å². The van der Waals surface area contributed by atoms with Crippen LogP contribution in [0, 0.1) is 5.92 Å². The molecule has 2 amide bonds. The first kappa shape index (κ1) is 16.8. The normalized spacial score (nSPS) is 23.9. The van der Waals surface area contributed by atoms with Gasteiger partial charge < -0.3 is 10.2 Å². The number of anilines is 1. The minimum atomic E-state index is -2.81. The van der Waals surface area contributed by atoms with Gasteiger partial charge in [0.15, 0.2) is 0 Å². The van der Waals surface area contributed by atoms with Crippen molar-refractivity contribution in [2.75, 3.05) is 25.0 Å². The number of alkyl halides is 2. The van der Waals surface area contributed by atoms with Crippen molar-refractivity contribution in [3.63, 3.8) is 0 Å². The van der Waals surface area contributed by atoms with Crippen LogP contribution < -0.4 is 10.6 Å². The molecule has 7 heteroatoms. The molecule has 1 unspecified atom stereocenters. The van der Waals surface area contributed by atoms with Gasteiger partial charge in [0.25, 0.3) is 5.92 Å². The molecule has 1 atom stereocenters. The van der Waals surface area contributed by atoms with Crippen LogP contribution in [0.1, 0.15) is 19.3 Å². The number of nitrogens with one attached hydrogen (secondary N) is 2. The first-order valence-corrected chi connectivity index (χ1v) is 8.20. The highest BCUT2D eigenvalue weighted by Gasteiger charge is 2.44. The standard InChI is InChI=1S/C17H21F2N3O2/c18-17(19)10-14(20-11-17)16(24)22-8-6-12(7-9-22)15(23)21-13-4-2-1-3-5-13/h1-5,12,14,20H,6-11H2,(H,21,23). The van der Waals surface area contributed by atoms with E-state index in [-0.39, 0.29) is 17.7 Å². The van der Waals surface area contributed by atoms with Crippen LogP contribution in [-0.2, 0) is 9.59 Å². The zero-order chi connectivity index (χ0) is 17.2. The molecule has 24 heavy (non-hydrogen) atoms. The summed E-state index contributed by atoms with van der Waals surface area (Å²) in [4.78, 5) is 26.1. The predicted molar refractivity (Wildman–Crippen MR) is 85.7 cm³/mol. The van der Waals surface area contributed by atoms with E-state index in [0.29, 0.717) is 25.9 Å². The predicted octanol–water partition coefficient (Wildman–Crippen LogP) is 1.86. The van der Waals surface area contributed by atoms with Crippen LogP contribution in [0.15, 0.2) is 30.3 Å². The number of hydrogen-bond donors (Lipinski definition) is 2. The third-order valence-corrected chi connectivity index (χ3v) is 4.63. The molecule has 2 heterocycles. The average molecular weight is 337 g/mol. The third kappa shape index (κ3) is 3.90. The maximum atomic E-state index is 13.2. The van der Waals surface area contributed by atoms with Gasteiger partial charge in [0, 0.05) is 31.1 Å². The van der Waals surface area contributed by atoms with Crippen LogP contribution in [0.5, 0.6) is 0 Å². The first-order valence-electron chi connectivity index (χ1n) is 8.20. The Morgan fingerprint density at radius 3 is 2.42 bits per heavy atom. The van der Waals surface area contributed by atoms with Crippen LogP contribution in [0.3, 0.4) is 0 Å². The zero-order valence-corrected chi connectivity index (χ0v) is 13.3. The fraction of sp³-hybridized carbons (Fsp3) is 0.529. The van der Waals surface area contributed by atoms with Gasteiger partial charge >= 0.3 is 0 Å². The van der Waals surface area contributed by atoms with Crippen molar-refractivity contribution < 1.29 is 18.4 Å². The molecule has 2 saturated heterocycles. The topological polar surface area (TPSA) is 61.4 Å². The molecule has 0 spiro atoms. The average Bonchev–Trinajstić information content (AvgIpc) is 2.95. The molecule has 3 rings (SSSR count). The van der Waals surface area contributed by atoms with E-state index in [1.165, 1.54) is 0 Å². The molecule has 2 N–H and O–H groups in total. The van der Waals surface area contributed by atoms with Crippen LogP contribution in [0.25, 0.3) is 0 Å². The number of para-hydroxylation sites is 1. The number of piperidine rings is 1. The Bertz CT molecular complexity index is 601. The Labute approximate surface area is 139 Å². The molecule has 1 aromatic carbocycles. The first-order chi connectivity index (χ1) is 11.4. The van der Waals surface area contributed by atoms with Crippen molar-refractivity contribution in [1.82, 2.24) is 10.2 Å². The highest BCUT2D eigenvalue weighted by molar-refractivity contribution is 5.92. The lowest BCUT2D eigenvalue weighted by Gasteiger charge is -2.33. The summed E-state index contributed by atoms with van der Waals surface area (Å²) >= 11 is 0. The molecule has 0 bridgehead atoms. The fourth-order valence-electron chi connectivity index (χ4n) is 3.24. The van der Waals surface area contributed by atoms with Gasteiger partial charge in [0.2, 0.25) is 11.8 Å². The molecule has 0 saturated carbocycles. The molecule has 2 aliphatic heterocycles. The molecule has 130 valence electrons. The van der Waals surface area contributed by atoms with Crippen LogP contribution in [-0.4, -0.2) is 48.3 Å². The van der Waals surface area contributed by atoms with Crippen molar-refractivity contribution in [1.29, 1.82) is 0 Å². The molecule has 2 aliphatic rings. The largest absolute Gasteiger partial charge is 0.341 e. The van der Waals surface area contributed by atoms with Crippen molar-refractivity contribution in [3.05, 3.63) is 30.3 Å². The van der Waals surface area contributed by atoms with E-state index in [0.717, 1.165) is 5.69 Å². The van der Waals surface area contributed by atoms with Gasteiger partial charge in [-0.05, 0) is 25.0 Å². The van der Waals surface area contributed by atoms with Gasteiger partial charge in [-0.2, -0.15) is 0 Å². The number of carbonyl (C=O) groups is 2. The molecule has 2 fully saturated rings. The number of benzene rings is 1. The Morgan fingerprint density at radius 1 is 1.17 bits per heavy atom. The maximum absolute atomic E-state index is 13.2. The quantitative estimate of drug-likeness (QED) is 0.885. The summed E-state index contributed by atoms with van der Waals surface area (Å²) in [6.45, 7) is 0.407. The molecule has 0 aromatic heterocycles. The number of hydrogen-bond acceptors (Lipinski definition) is 3. The van der Waals surface area contributed by atoms with E-state index in [9.17, 15) is 18.4 Å². The molecule has 1 aromatic rings. The number of rotatable bonds is 3. The van der Waals surface area contributed by atoms with E-state index in [4.69, 9.17) is 0 Å². The van der Waals surface area contributed by atoms with Gasteiger partial charge in [-0.15, -0.1) is 0 Å². The van der Waals surface area contributed by atoms with Gasteiger partial charge in [-0.1, -0.05) is 18.2 Å². The lowest BCUT2D eigenvalue weighted by Crippen LogP contribution is -2.48. The summed E-state index contributed by atoms with van der Waals surface area (Å²) in [5.74, 6) is -3.31. The maximum Gasteiger partial charge on any atom is 0.262 e. The highest BCUT2D eigenvalue weighted by atomic mass is 19.3. The van der Waals surface area contributed by atoms with Crippen LogP contribution in [0.4, 0.5) is 14.5 Å². The van der Waals surface area contributed by atoms with E-state index < -0.39 is 24.9 Å². The fourth-order valence-corrected chi connectivity index (χ4v) is 3.24. The van der Waals surface area contributed by atoms with E-state index in [1.807, 2.05) is 30.3 Å². The number of halogens is 2. The van der Waals surface area contributed by atoms with Crippen LogP contribution >= 0.6 is 0 Å². The van der Waals surface area contributed by atoms with E-state index in [2.05, 4.69) is 10.6 Å². The molecular weight excluding hydrogens is 316 g/mol. The Hall–Kier alpha value is -2.02. The molecule has 0 radical (unpaired) electrons. The van der Waals surface area contributed by atoms with Gasteiger partial charge in [0.05, 0.1) is 12.6 Å². The minimum absolute atomic E-state index is 0.0566. The van der Waals surface area contributed by atoms with Crippen LogP contribution in [0.2, 0.25) is 0 Å². The van der Waals surface area contributed by atoms with Crippen molar-refractivity contribution >= 4 is 17.5 Å². The van der Waals surface area contributed by atoms with Gasteiger partial charge in [-0.3, -0.25) is 14.9 Å². The summed E-state index contributed by atoms with van der Waals surface area (Å²) in [6.07, 6.45) is 0.654. The summed E-state index contributed by atoms with van der Waals surface area (Å²) in [5.41, 5.74) is 0.749. The summed E-state index contributed by atoms with van der Waals surface area (Å²) in [5, 5.41) is 5.46. The Balaban J connectivity index is 1.49. The van der Waals surface area contributed by atoms with Crippen molar-refractivity contribution in [2.45, 2.75) is 31.2 Å². The van der Waals surface area contributed by atoms with E-state index >= 15 is 0 Å². The summed E-state index contributed by atoms with van der Waals surface area (Å²) < 4.78 is 26.4. The molecule has 0 aliphatic carbocycles. The SMILES string of the molecule is O=C(Nc1ccccc1)C1CCN(C(=O)C2CC(F)(F)CN2)CC1. The Morgan fingerprint density at radius 2 is 1.83 bits per heavy atom. The second-order valence-electron chi connectivity index (χ2n) is 6.45. The second-order valence-corrected chi connectivity index (χ2v) is 6.45. The summed E-state index contributed by atoms with van der Waals surface area (Å²) in [7, 11) is 0. The summed E-state index contributed by atoms with van der Waals surface area (Å²) in [6, 6.07) is 8.41. The molecule has 5 nitrogen and oxygen atoms in total. The second kappa shape index (κ2) is 6.84.